The molecule has 0 aliphatic carbocycles. The molecule has 0 amide bonds. The summed E-state index contributed by atoms with van der Waals surface area (Å²) in [7, 11) is 0. The van der Waals surface area contributed by atoms with Gasteiger partial charge in [0, 0.05) is 11.9 Å². The zero-order valence-electron chi connectivity index (χ0n) is 8.02. The zero-order valence-corrected chi connectivity index (χ0v) is 8.83. The summed E-state index contributed by atoms with van der Waals surface area (Å²) in [6.07, 6.45) is 4.74. The van der Waals surface area contributed by atoms with E-state index in [0.29, 0.717) is 12.5 Å². The first kappa shape index (κ1) is 9.60. The van der Waals surface area contributed by atoms with E-state index in [1.54, 1.807) is 6.20 Å². The van der Waals surface area contributed by atoms with Gasteiger partial charge in [-0.2, -0.15) is 22.1 Å². The van der Waals surface area contributed by atoms with Gasteiger partial charge in [0.25, 0.3) is 0 Å². The first-order valence-corrected chi connectivity index (χ1v) is 6.04. The molecule has 4 heteroatoms. The predicted octanol–water partition coefficient (Wildman–Crippen LogP) is 2.02. The highest BCUT2D eigenvalue weighted by Gasteiger charge is 2.17. The molecule has 0 saturated carbocycles. The van der Waals surface area contributed by atoms with E-state index in [0.717, 1.165) is 11.4 Å². The summed E-state index contributed by atoms with van der Waals surface area (Å²) in [4.78, 5) is 0. The molecule has 2 rings (SSSR count). The normalized spacial score (nSPS) is 21.8. The van der Waals surface area contributed by atoms with Crippen molar-refractivity contribution in [3.8, 4) is 6.07 Å². The zero-order chi connectivity index (χ0) is 9.80. The van der Waals surface area contributed by atoms with Gasteiger partial charge in [-0.25, -0.2) is 0 Å². The topological polar surface area (TPSA) is 41.6 Å². The molecule has 1 fully saturated rings. The Morgan fingerprint density at radius 1 is 1.71 bits per heavy atom. The highest BCUT2D eigenvalue weighted by atomic mass is 32.2. The van der Waals surface area contributed by atoms with Crippen LogP contribution in [0.15, 0.2) is 12.3 Å². The van der Waals surface area contributed by atoms with Gasteiger partial charge in [-0.3, -0.25) is 4.68 Å². The van der Waals surface area contributed by atoms with Gasteiger partial charge in [-0.1, -0.05) is 0 Å². The molecular formula is C10H13N3S. The summed E-state index contributed by atoms with van der Waals surface area (Å²) < 4.78 is 2.04. The standard InChI is InChI=1S/C10H13N3S/c11-5-3-9-4-6-12-13(9)10-2-1-7-14-8-10/h4,6,10H,1-3,7-8H2. The SMILES string of the molecule is N#CCc1ccnn1C1CCCSC1. The van der Waals surface area contributed by atoms with Crippen LogP contribution >= 0.6 is 11.8 Å². The number of hydrogen-bond acceptors (Lipinski definition) is 3. The van der Waals surface area contributed by atoms with Crippen LogP contribution in [0.3, 0.4) is 0 Å². The minimum atomic E-state index is 0.473. The lowest BCUT2D eigenvalue weighted by atomic mass is 10.2. The fraction of sp³-hybridized carbons (Fsp3) is 0.600. The second-order valence-corrected chi connectivity index (χ2v) is 4.62. The van der Waals surface area contributed by atoms with E-state index in [1.165, 1.54) is 18.6 Å². The van der Waals surface area contributed by atoms with Crippen LogP contribution in [0.5, 0.6) is 0 Å². The third kappa shape index (κ3) is 1.93. The lowest BCUT2D eigenvalue weighted by Gasteiger charge is -2.23. The average Bonchev–Trinajstić information content (AvgIpc) is 2.68. The Hall–Kier alpha value is -0.950. The third-order valence-electron chi connectivity index (χ3n) is 2.49. The minimum absolute atomic E-state index is 0.473. The molecule has 1 saturated heterocycles. The molecule has 0 aromatic carbocycles. The average molecular weight is 207 g/mol. The molecule has 1 aliphatic heterocycles. The quantitative estimate of drug-likeness (QED) is 0.745. The van der Waals surface area contributed by atoms with Crippen molar-refractivity contribution in [1.29, 1.82) is 5.26 Å². The Morgan fingerprint density at radius 2 is 2.64 bits per heavy atom. The van der Waals surface area contributed by atoms with Crippen molar-refractivity contribution in [1.82, 2.24) is 9.78 Å². The molecule has 0 bridgehead atoms. The molecule has 1 aliphatic rings. The number of rotatable bonds is 2. The largest absolute Gasteiger partial charge is 0.265 e. The fourth-order valence-corrected chi connectivity index (χ4v) is 2.93. The molecule has 2 heterocycles. The number of thioether (sulfide) groups is 1. The first-order valence-electron chi connectivity index (χ1n) is 4.89. The Kier molecular flexibility index (Phi) is 3.10. The number of nitrogens with zero attached hydrogens (tertiary/aromatic N) is 3. The molecule has 1 atom stereocenters. The highest BCUT2D eigenvalue weighted by molar-refractivity contribution is 7.99. The van der Waals surface area contributed by atoms with E-state index in [2.05, 4.69) is 11.2 Å². The van der Waals surface area contributed by atoms with Gasteiger partial charge in [0.1, 0.15) is 0 Å². The Labute approximate surface area is 88.1 Å². The van der Waals surface area contributed by atoms with Crippen molar-refractivity contribution in [2.45, 2.75) is 25.3 Å². The maximum atomic E-state index is 8.66. The van der Waals surface area contributed by atoms with E-state index >= 15 is 0 Å². The van der Waals surface area contributed by atoms with Crippen LogP contribution in [0.25, 0.3) is 0 Å². The Balaban J connectivity index is 2.13. The summed E-state index contributed by atoms with van der Waals surface area (Å²) in [6.45, 7) is 0. The van der Waals surface area contributed by atoms with Crippen molar-refractivity contribution >= 4 is 11.8 Å². The highest BCUT2D eigenvalue weighted by Crippen LogP contribution is 2.27. The predicted molar refractivity (Wildman–Crippen MR) is 57.1 cm³/mol. The fourth-order valence-electron chi connectivity index (χ4n) is 1.81. The molecule has 1 unspecified atom stereocenters. The van der Waals surface area contributed by atoms with E-state index < -0.39 is 0 Å². The molecule has 0 radical (unpaired) electrons. The van der Waals surface area contributed by atoms with E-state index in [-0.39, 0.29) is 0 Å². The molecule has 74 valence electrons. The van der Waals surface area contributed by atoms with Gasteiger partial charge in [0.2, 0.25) is 0 Å². The van der Waals surface area contributed by atoms with Crippen molar-refractivity contribution in [2.75, 3.05) is 11.5 Å². The molecular weight excluding hydrogens is 194 g/mol. The minimum Gasteiger partial charge on any atom is -0.265 e. The Morgan fingerprint density at radius 3 is 3.36 bits per heavy atom. The maximum absolute atomic E-state index is 8.66. The van der Waals surface area contributed by atoms with Crippen molar-refractivity contribution in [3.05, 3.63) is 18.0 Å². The smallest absolute Gasteiger partial charge is 0.0771 e. The van der Waals surface area contributed by atoms with Crippen LogP contribution < -0.4 is 0 Å². The maximum Gasteiger partial charge on any atom is 0.0771 e. The second-order valence-electron chi connectivity index (χ2n) is 3.47. The van der Waals surface area contributed by atoms with Crippen molar-refractivity contribution < 1.29 is 0 Å². The van der Waals surface area contributed by atoms with Crippen LogP contribution in [0, 0.1) is 11.3 Å². The van der Waals surface area contributed by atoms with Gasteiger partial charge in [-0.15, -0.1) is 0 Å². The van der Waals surface area contributed by atoms with Crippen LogP contribution in [0.1, 0.15) is 24.6 Å². The summed E-state index contributed by atoms with van der Waals surface area (Å²) in [5.41, 5.74) is 1.06. The number of hydrogen-bond donors (Lipinski definition) is 0. The van der Waals surface area contributed by atoms with Gasteiger partial charge < -0.3 is 0 Å². The van der Waals surface area contributed by atoms with E-state index in [1.807, 2.05) is 22.5 Å². The third-order valence-corrected chi connectivity index (χ3v) is 3.69. The number of aromatic nitrogens is 2. The summed E-state index contributed by atoms with van der Waals surface area (Å²) >= 11 is 1.98. The van der Waals surface area contributed by atoms with Crippen molar-refractivity contribution in [3.63, 3.8) is 0 Å². The van der Waals surface area contributed by atoms with E-state index in [4.69, 9.17) is 5.26 Å². The summed E-state index contributed by atoms with van der Waals surface area (Å²) in [6, 6.07) is 4.64. The summed E-state index contributed by atoms with van der Waals surface area (Å²) in [5.74, 6) is 2.41. The van der Waals surface area contributed by atoms with Crippen LogP contribution in [0.4, 0.5) is 0 Å². The Bertz CT molecular complexity index is 333. The van der Waals surface area contributed by atoms with Crippen LogP contribution in [0.2, 0.25) is 0 Å². The lowest BCUT2D eigenvalue weighted by molar-refractivity contribution is 0.443. The van der Waals surface area contributed by atoms with Crippen LogP contribution in [-0.4, -0.2) is 21.3 Å². The first-order chi connectivity index (χ1) is 6.92. The van der Waals surface area contributed by atoms with Gasteiger partial charge in [0.15, 0.2) is 0 Å². The van der Waals surface area contributed by atoms with Gasteiger partial charge >= 0.3 is 0 Å². The molecule has 14 heavy (non-hydrogen) atoms. The number of nitriles is 1. The lowest BCUT2D eigenvalue weighted by Crippen LogP contribution is -2.19. The summed E-state index contributed by atoms with van der Waals surface area (Å²) in [5, 5.41) is 13.0. The van der Waals surface area contributed by atoms with Gasteiger partial charge in [0.05, 0.1) is 24.2 Å². The molecule has 1 aromatic rings. The molecule has 3 nitrogen and oxygen atoms in total. The molecule has 1 aromatic heterocycles. The van der Waals surface area contributed by atoms with E-state index in [9.17, 15) is 0 Å². The van der Waals surface area contributed by atoms with Gasteiger partial charge in [-0.05, 0) is 24.7 Å². The monoisotopic (exact) mass is 207 g/mol. The molecule has 0 spiro atoms. The van der Waals surface area contributed by atoms with Crippen molar-refractivity contribution in [2.24, 2.45) is 0 Å². The van der Waals surface area contributed by atoms with Crippen LogP contribution in [-0.2, 0) is 6.42 Å². The second kappa shape index (κ2) is 4.52. The molecule has 0 N–H and O–H groups in total.